The van der Waals surface area contributed by atoms with Crippen molar-refractivity contribution in [3.63, 3.8) is 0 Å². The van der Waals surface area contributed by atoms with Crippen LogP contribution in [0.5, 0.6) is 0 Å². The largest absolute Gasteiger partial charge is 0.340 e. The Morgan fingerprint density at radius 3 is 2.78 bits per heavy atom. The van der Waals surface area contributed by atoms with Gasteiger partial charge >= 0.3 is 0 Å². The van der Waals surface area contributed by atoms with Gasteiger partial charge in [-0.3, -0.25) is 4.79 Å². The molecule has 0 fully saturated rings. The Hall–Kier alpha value is -3.30. The lowest BCUT2D eigenvalue weighted by Crippen LogP contribution is -2.48. The minimum Gasteiger partial charge on any atom is -0.340 e. The third kappa shape index (κ3) is 4.85. The first kappa shape index (κ1) is 24.4. The van der Waals surface area contributed by atoms with Crippen LogP contribution in [0.3, 0.4) is 0 Å². The molecular weight excluding hydrogens is 470 g/mol. The number of hydrogen-bond acceptors (Lipinski definition) is 7. The van der Waals surface area contributed by atoms with Crippen molar-refractivity contribution in [2.75, 3.05) is 38.0 Å². The van der Waals surface area contributed by atoms with E-state index in [1.165, 1.54) is 5.57 Å². The van der Waals surface area contributed by atoms with Crippen LogP contribution in [0, 0.1) is 5.41 Å². The number of carbonyl (C=O) groups is 1. The summed E-state index contributed by atoms with van der Waals surface area (Å²) in [6.07, 6.45) is 4.54. The van der Waals surface area contributed by atoms with Crippen molar-refractivity contribution in [3.05, 3.63) is 47.9 Å². The summed E-state index contributed by atoms with van der Waals surface area (Å²) < 4.78 is 1.13. The van der Waals surface area contributed by atoms with Gasteiger partial charge in [-0.1, -0.05) is 19.9 Å². The Balaban J connectivity index is 1.32. The van der Waals surface area contributed by atoms with E-state index < -0.39 is 5.41 Å². The van der Waals surface area contributed by atoms with Crippen molar-refractivity contribution in [2.24, 2.45) is 5.41 Å². The van der Waals surface area contributed by atoms with Gasteiger partial charge < -0.3 is 20.1 Å². The van der Waals surface area contributed by atoms with E-state index in [2.05, 4.69) is 76.1 Å². The molecule has 2 N–H and O–H groups in total. The lowest BCUT2D eigenvalue weighted by molar-refractivity contribution is -0.140. The fraction of sp³-hybridized carbons (Fsp3) is 0.407. The van der Waals surface area contributed by atoms with Crippen molar-refractivity contribution >= 4 is 55.6 Å². The molecule has 0 radical (unpaired) electrons. The molecule has 1 aromatic carbocycles. The van der Waals surface area contributed by atoms with E-state index in [0.717, 1.165) is 64.5 Å². The monoisotopic (exact) mass is 503 g/mol. The third-order valence-electron chi connectivity index (χ3n) is 6.95. The maximum Gasteiger partial charge on any atom is 0.229 e. The number of nitrogens with one attached hydrogen (secondary N) is 2. The van der Waals surface area contributed by atoms with E-state index in [9.17, 15) is 4.79 Å². The van der Waals surface area contributed by atoms with E-state index in [1.807, 2.05) is 22.5 Å². The standard InChI is InChI=1S/C27H33N7OS/c1-5-33(6-2)15-27(3,4)26(35)34-11-9-18(10-12-34)22-14-20-24(28-16-29-25(20)32-22)31-19-7-8-21-23(13-19)36-17-30-21/h7-9,13-14,16-17H,5-6,10-12,15H2,1-4H3,(H2,28,29,31,32). The summed E-state index contributed by atoms with van der Waals surface area (Å²) in [4.78, 5) is 34.3. The van der Waals surface area contributed by atoms with Crippen LogP contribution >= 0.6 is 11.3 Å². The number of fused-ring (bicyclic) bond motifs is 2. The van der Waals surface area contributed by atoms with Crippen molar-refractivity contribution < 1.29 is 4.79 Å². The van der Waals surface area contributed by atoms with Gasteiger partial charge in [-0.25, -0.2) is 15.0 Å². The highest BCUT2D eigenvalue weighted by molar-refractivity contribution is 7.16. The number of amides is 1. The Morgan fingerprint density at radius 2 is 2.03 bits per heavy atom. The highest BCUT2D eigenvalue weighted by Crippen LogP contribution is 2.31. The number of aromatic amines is 1. The number of aromatic nitrogens is 4. The van der Waals surface area contributed by atoms with E-state index >= 15 is 0 Å². The second-order valence-corrected chi connectivity index (χ2v) is 10.8. The van der Waals surface area contributed by atoms with Gasteiger partial charge in [0, 0.05) is 31.0 Å². The summed E-state index contributed by atoms with van der Waals surface area (Å²) in [6.45, 7) is 12.4. The summed E-state index contributed by atoms with van der Waals surface area (Å²) in [5.41, 5.74) is 6.44. The molecule has 0 aliphatic carbocycles. The van der Waals surface area contributed by atoms with Crippen LogP contribution in [0.1, 0.15) is 39.8 Å². The highest BCUT2D eigenvalue weighted by Gasteiger charge is 2.34. The molecule has 36 heavy (non-hydrogen) atoms. The molecule has 1 aliphatic heterocycles. The molecule has 8 nitrogen and oxygen atoms in total. The van der Waals surface area contributed by atoms with Crippen LogP contribution in [-0.2, 0) is 4.79 Å². The number of nitrogens with zero attached hydrogens (tertiary/aromatic N) is 5. The molecule has 188 valence electrons. The third-order valence-corrected chi connectivity index (χ3v) is 7.75. The fourth-order valence-electron chi connectivity index (χ4n) is 4.88. The predicted molar refractivity (Wildman–Crippen MR) is 148 cm³/mol. The molecule has 1 amide bonds. The second-order valence-electron chi connectivity index (χ2n) is 9.90. The van der Waals surface area contributed by atoms with Gasteiger partial charge in [-0.2, -0.15) is 0 Å². The van der Waals surface area contributed by atoms with Crippen LogP contribution in [0.2, 0.25) is 0 Å². The zero-order valence-corrected chi connectivity index (χ0v) is 22.2. The van der Waals surface area contributed by atoms with Gasteiger partial charge in [0.1, 0.15) is 17.8 Å². The SMILES string of the molecule is CCN(CC)CC(C)(C)C(=O)N1CC=C(c2cc3c(Nc4ccc5ncsc5c4)ncnc3[nH]2)CC1. The molecular formula is C27H33N7OS. The Morgan fingerprint density at radius 1 is 1.19 bits per heavy atom. The molecule has 3 aromatic heterocycles. The fourth-order valence-corrected chi connectivity index (χ4v) is 5.60. The van der Waals surface area contributed by atoms with Crippen LogP contribution in [0.25, 0.3) is 26.8 Å². The summed E-state index contributed by atoms with van der Waals surface area (Å²) in [7, 11) is 0. The highest BCUT2D eigenvalue weighted by atomic mass is 32.1. The lowest BCUT2D eigenvalue weighted by atomic mass is 9.89. The topological polar surface area (TPSA) is 90.0 Å². The number of rotatable bonds is 8. The summed E-state index contributed by atoms with van der Waals surface area (Å²) >= 11 is 1.62. The van der Waals surface area contributed by atoms with E-state index in [-0.39, 0.29) is 5.91 Å². The van der Waals surface area contributed by atoms with Crippen LogP contribution in [0.15, 0.2) is 42.2 Å². The molecule has 4 aromatic rings. The number of thiazole rings is 1. The Labute approximate surface area is 215 Å². The lowest BCUT2D eigenvalue weighted by Gasteiger charge is -2.36. The van der Waals surface area contributed by atoms with E-state index in [1.54, 1.807) is 17.7 Å². The van der Waals surface area contributed by atoms with Crippen molar-refractivity contribution in [1.82, 2.24) is 29.7 Å². The maximum atomic E-state index is 13.3. The summed E-state index contributed by atoms with van der Waals surface area (Å²) in [5, 5.41) is 4.38. The predicted octanol–water partition coefficient (Wildman–Crippen LogP) is 5.29. The van der Waals surface area contributed by atoms with Crippen molar-refractivity contribution in [1.29, 1.82) is 0 Å². The van der Waals surface area contributed by atoms with E-state index in [4.69, 9.17) is 0 Å². The number of hydrogen-bond donors (Lipinski definition) is 2. The van der Waals surface area contributed by atoms with Gasteiger partial charge in [0.15, 0.2) is 0 Å². The molecule has 0 atom stereocenters. The van der Waals surface area contributed by atoms with Crippen molar-refractivity contribution in [3.8, 4) is 0 Å². The zero-order valence-electron chi connectivity index (χ0n) is 21.3. The number of anilines is 2. The van der Waals surface area contributed by atoms with Gasteiger partial charge in [0.05, 0.1) is 26.5 Å². The summed E-state index contributed by atoms with van der Waals surface area (Å²) in [5.74, 6) is 0.981. The average Bonchev–Trinajstić information content (AvgIpc) is 3.54. The maximum absolute atomic E-state index is 13.3. The molecule has 0 unspecified atom stereocenters. The molecule has 0 saturated heterocycles. The average molecular weight is 504 g/mol. The molecule has 5 rings (SSSR count). The van der Waals surface area contributed by atoms with Crippen LogP contribution < -0.4 is 5.32 Å². The van der Waals surface area contributed by atoms with Gasteiger partial charge in [0.25, 0.3) is 0 Å². The molecule has 0 saturated carbocycles. The quantitative estimate of drug-likeness (QED) is 0.339. The molecule has 1 aliphatic rings. The zero-order chi connectivity index (χ0) is 25.3. The summed E-state index contributed by atoms with van der Waals surface area (Å²) in [6, 6.07) is 8.22. The van der Waals surface area contributed by atoms with Crippen LogP contribution in [0.4, 0.5) is 11.5 Å². The number of carbonyl (C=O) groups excluding carboxylic acids is 1. The van der Waals surface area contributed by atoms with Gasteiger partial charge in [0.2, 0.25) is 5.91 Å². The minimum absolute atomic E-state index is 0.219. The van der Waals surface area contributed by atoms with Gasteiger partial charge in [-0.15, -0.1) is 11.3 Å². The molecule has 9 heteroatoms. The van der Waals surface area contributed by atoms with Gasteiger partial charge in [-0.05, 0) is 63.2 Å². The number of H-pyrrole nitrogens is 1. The minimum atomic E-state index is -0.406. The van der Waals surface area contributed by atoms with E-state index in [0.29, 0.717) is 13.1 Å². The number of benzene rings is 1. The molecule has 4 heterocycles. The van der Waals surface area contributed by atoms with Crippen molar-refractivity contribution in [2.45, 2.75) is 34.1 Å². The second kappa shape index (κ2) is 9.99. The molecule has 0 spiro atoms. The first-order valence-corrected chi connectivity index (χ1v) is 13.4. The first-order valence-electron chi connectivity index (χ1n) is 12.5. The Kier molecular flexibility index (Phi) is 6.77. The normalized spacial score (nSPS) is 14.6. The molecule has 0 bridgehead atoms. The smallest absolute Gasteiger partial charge is 0.229 e. The first-order chi connectivity index (χ1) is 17.4. The Bertz CT molecular complexity index is 1420. The van der Waals surface area contributed by atoms with Crippen LogP contribution in [-0.4, -0.2) is 68.4 Å².